The van der Waals surface area contributed by atoms with Crippen LogP contribution in [0.2, 0.25) is 0 Å². The van der Waals surface area contributed by atoms with Crippen molar-refractivity contribution in [1.82, 2.24) is 9.80 Å². The van der Waals surface area contributed by atoms with Crippen LogP contribution in [-0.2, 0) is 20.8 Å². The Hall–Kier alpha value is -2.74. The summed E-state index contributed by atoms with van der Waals surface area (Å²) in [6.45, 7) is 6.11. The van der Waals surface area contributed by atoms with Gasteiger partial charge in [-0.3, -0.25) is 9.69 Å². The molecule has 0 bridgehead atoms. The molecule has 2 aromatic rings. The van der Waals surface area contributed by atoms with E-state index < -0.39 is 6.29 Å². The molecule has 188 valence electrons. The Morgan fingerprint density at radius 3 is 2.46 bits per heavy atom. The number of hydrogen-bond donors (Lipinski definition) is 1. The highest BCUT2D eigenvalue weighted by Gasteiger charge is 2.39. The van der Waals surface area contributed by atoms with Crippen molar-refractivity contribution in [3.05, 3.63) is 83.4 Å². The number of halogens is 1. The van der Waals surface area contributed by atoms with Gasteiger partial charge in [0.25, 0.3) is 5.91 Å². The number of benzene rings is 2. The van der Waals surface area contributed by atoms with E-state index in [0.717, 1.165) is 25.2 Å². The molecular formula is C28H35FN2O4. The second kappa shape index (κ2) is 12.3. The minimum atomic E-state index is -0.607. The van der Waals surface area contributed by atoms with E-state index >= 15 is 0 Å². The van der Waals surface area contributed by atoms with Gasteiger partial charge in [0.2, 0.25) is 6.29 Å². The van der Waals surface area contributed by atoms with Crippen LogP contribution in [0.1, 0.15) is 36.8 Å². The van der Waals surface area contributed by atoms with E-state index in [1.54, 1.807) is 12.1 Å². The molecule has 2 aromatic carbocycles. The number of allylic oxidation sites excluding steroid dienone is 1. The van der Waals surface area contributed by atoms with E-state index in [-0.39, 0.29) is 35.9 Å². The molecule has 0 aliphatic carbocycles. The van der Waals surface area contributed by atoms with Crippen molar-refractivity contribution in [3.8, 4) is 0 Å². The summed E-state index contributed by atoms with van der Waals surface area (Å²) in [7, 11) is 0. The molecule has 1 saturated heterocycles. The van der Waals surface area contributed by atoms with Crippen LogP contribution in [0, 0.1) is 11.7 Å². The molecule has 4 rings (SSSR count). The van der Waals surface area contributed by atoms with E-state index in [9.17, 15) is 14.3 Å². The molecule has 1 N–H and O–H groups in total. The molecule has 6 nitrogen and oxygen atoms in total. The Balaban J connectivity index is 1.49. The van der Waals surface area contributed by atoms with E-state index in [2.05, 4.69) is 17.0 Å². The van der Waals surface area contributed by atoms with Crippen LogP contribution in [0.25, 0.3) is 0 Å². The Morgan fingerprint density at radius 1 is 1.09 bits per heavy atom. The van der Waals surface area contributed by atoms with Gasteiger partial charge in [0, 0.05) is 57.8 Å². The number of rotatable bonds is 9. The zero-order chi connectivity index (χ0) is 24.6. The Labute approximate surface area is 206 Å². The maximum Gasteiger partial charge on any atom is 0.288 e. The van der Waals surface area contributed by atoms with Crippen molar-refractivity contribution >= 4 is 5.91 Å². The molecule has 0 radical (unpaired) electrons. The number of carbonyl (C=O) groups excluding carboxylic acids is 1. The fraction of sp³-hybridized carbons (Fsp3) is 0.464. The van der Waals surface area contributed by atoms with Crippen molar-refractivity contribution < 1.29 is 23.8 Å². The Kier molecular flexibility index (Phi) is 8.90. The molecular weight excluding hydrogens is 447 g/mol. The van der Waals surface area contributed by atoms with Crippen LogP contribution >= 0.6 is 0 Å². The number of carbonyl (C=O) groups is 1. The summed E-state index contributed by atoms with van der Waals surface area (Å²) in [5.41, 5.74) is 2.17. The van der Waals surface area contributed by atoms with Crippen molar-refractivity contribution in [2.24, 2.45) is 5.92 Å². The largest absolute Gasteiger partial charge is 0.459 e. The third-order valence-corrected chi connectivity index (χ3v) is 6.79. The third kappa shape index (κ3) is 6.48. The van der Waals surface area contributed by atoms with Crippen LogP contribution in [0.3, 0.4) is 0 Å². The summed E-state index contributed by atoms with van der Waals surface area (Å²) in [6, 6.07) is 16.7. The summed E-state index contributed by atoms with van der Waals surface area (Å²) < 4.78 is 25.7. The number of hydrogen-bond acceptors (Lipinski definition) is 5. The average molecular weight is 483 g/mol. The molecule has 7 heteroatoms. The van der Waals surface area contributed by atoms with Crippen molar-refractivity contribution in [2.45, 2.75) is 38.5 Å². The van der Waals surface area contributed by atoms with Gasteiger partial charge in [-0.1, -0.05) is 42.5 Å². The summed E-state index contributed by atoms with van der Waals surface area (Å²) in [5, 5.41) is 9.42. The number of nitrogens with zero attached hydrogens (tertiary/aromatic N) is 2. The van der Waals surface area contributed by atoms with Gasteiger partial charge in [-0.25, -0.2) is 4.39 Å². The first-order chi connectivity index (χ1) is 17.1. The van der Waals surface area contributed by atoms with Crippen LogP contribution < -0.4 is 0 Å². The fourth-order valence-corrected chi connectivity index (χ4v) is 4.93. The number of piperazine rings is 1. The molecule has 0 unspecified atom stereocenters. The standard InChI is InChI=1S/C28H35FN2O4/c1-2-34-28-24(9-6-18-32)25(22-10-12-23(29)13-11-22)19-26(35-28)27(33)31-16-14-30(15-17-31)20-21-7-4-3-5-8-21/h3-5,7-8,10-13,19,24-25,28,32H,2,6,9,14-18,20H2,1H3/t24-,25-,28-/m0/s1. The topological polar surface area (TPSA) is 62.2 Å². The van der Waals surface area contributed by atoms with Gasteiger partial charge in [0.15, 0.2) is 5.76 Å². The van der Waals surface area contributed by atoms with Crippen molar-refractivity contribution in [2.75, 3.05) is 39.4 Å². The SMILES string of the molecule is CCO[C@H]1OC(C(=O)N2CCN(Cc3ccccc3)CC2)=C[C@@H](c2ccc(F)cc2)[C@@H]1CCCO. The van der Waals surface area contributed by atoms with E-state index in [4.69, 9.17) is 9.47 Å². The van der Waals surface area contributed by atoms with Crippen LogP contribution in [0.5, 0.6) is 0 Å². The van der Waals surface area contributed by atoms with E-state index in [1.807, 2.05) is 36.1 Å². The van der Waals surface area contributed by atoms with E-state index in [1.165, 1.54) is 17.7 Å². The molecule has 35 heavy (non-hydrogen) atoms. The lowest BCUT2D eigenvalue weighted by molar-refractivity contribution is -0.171. The van der Waals surface area contributed by atoms with Gasteiger partial charge in [-0.2, -0.15) is 0 Å². The van der Waals surface area contributed by atoms with Gasteiger partial charge in [-0.05, 0) is 49.1 Å². The second-order valence-corrected chi connectivity index (χ2v) is 9.13. The maximum atomic E-state index is 13.6. The zero-order valence-corrected chi connectivity index (χ0v) is 20.3. The second-order valence-electron chi connectivity index (χ2n) is 9.13. The number of aliphatic hydroxyl groups excluding tert-OH is 1. The molecule has 0 aromatic heterocycles. The number of aliphatic hydroxyl groups is 1. The van der Waals surface area contributed by atoms with Gasteiger partial charge >= 0.3 is 0 Å². The summed E-state index contributed by atoms with van der Waals surface area (Å²) in [5.74, 6) is -0.420. The lowest BCUT2D eigenvalue weighted by atomic mass is 9.80. The molecule has 2 aliphatic rings. The summed E-state index contributed by atoms with van der Waals surface area (Å²) in [6.07, 6.45) is 2.52. The maximum absolute atomic E-state index is 13.6. The molecule has 1 fully saturated rings. The summed E-state index contributed by atoms with van der Waals surface area (Å²) >= 11 is 0. The minimum absolute atomic E-state index is 0.0637. The smallest absolute Gasteiger partial charge is 0.288 e. The van der Waals surface area contributed by atoms with Crippen LogP contribution in [0.4, 0.5) is 4.39 Å². The third-order valence-electron chi connectivity index (χ3n) is 6.79. The number of ether oxygens (including phenoxy) is 2. The number of amides is 1. The minimum Gasteiger partial charge on any atom is -0.459 e. The summed E-state index contributed by atoms with van der Waals surface area (Å²) in [4.78, 5) is 17.7. The zero-order valence-electron chi connectivity index (χ0n) is 20.3. The first kappa shape index (κ1) is 25.4. The average Bonchev–Trinajstić information content (AvgIpc) is 2.89. The Morgan fingerprint density at radius 2 is 1.80 bits per heavy atom. The van der Waals surface area contributed by atoms with Gasteiger partial charge in [0.05, 0.1) is 0 Å². The first-order valence-corrected chi connectivity index (χ1v) is 12.5. The van der Waals surface area contributed by atoms with Gasteiger partial charge < -0.3 is 19.5 Å². The quantitative estimate of drug-likeness (QED) is 0.587. The Bertz CT molecular complexity index is 974. The van der Waals surface area contributed by atoms with Gasteiger partial charge in [-0.15, -0.1) is 0 Å². The molecule has 1 amide bonds. The predicted molar refractivity (Wildman–Crippen MR) is 132 cm³/mol. The lowest BCUT2D eigenvalue weighted by Gasteiger charge is -2.39. The highest BCUT2D eigenvalue weighted by molar-refractivity contribution is 5.92. The first-order valence-electron chi connectivity index (χ1n) is 12.5. The van der Waals surface area contributed by atoms with Crippen molar-refractivity contribution in [1.29, 1.82) is 0 Å². The molecule has 0 saturated carbocycles. The fourth-order valence-electron chi connectivity index (χ4n) is 4.93. The predicted octanol–water partition coefficient (Wildman–Crippen LogP) is 3.92. The lowest BCUT2D eigenvalue weighted by Crippen LogP contribution is -2.49. The monoisotopic (exact) mass is 482 g/mol. The molecule has 3 atom stereocenters. The van der Waals surface area contributed by atoms with Crippen LogP contribution in [-0.4, -0.2) is 66.5 Å². The normalized spacial score (nSPS) is 23.0. The van der Waals surface area contributed by atoms with Crippen molar-refractivity contribution in [3.63, 3.8) is 0 Å². The van der Waals surface area contributed by atoms with Gasteiger partial charge in [0.1, 0.15) is 5.82 Å². The molecule has 2 heterocycles. The molecule has 2 aliphatic heterocycles. The van der Waals surface area contributed by atoms with E-state index in [0.29, 0.717) is 32.5 Å². The highest BCUT2D eigenvalue weighted by Crippen LogP contribution is 2.39. The highest BCUT2D eigenvalue weighted by atomic mass is 19.1. The molecule has 0 spiro atoms. The van der Waals surface area contributed by atoms with Crippen LogP contribution in [0.15, 0.2) is 66.4 Å².